The molecule has 5 heteroatoms. The van der Waals surface area contributed by atoms with E-state index < -0.39 is 0 Å². The lowest BCUT2D eigenvalue weighted by molar-refractivity contribution is 0.392. The molecule has 0 spiro atoms. The van der Waals surface area contributed by atoms with Gasteiger partial charge in [0.05, 0.1) is 20.3 Å². The minimum Gasteiger partial charge on any atom is -0.497 e. The van der Waals surface area contributed by atoms with Crippen LogP contribution in [0.15, 0.2) is 34.1 Å². The van der Waals surface area contributed by atoms with E-state index in [4.69, 9.17) is 9.47 Å². The lowest BCUT2D eigenvalue weighted by atomic mass is 10.0. The molecule has 0 radical (unpaired) electrons. The Morgan fingerprint density at radius 2 is 1.81 bits per heavy atom. The minimum atomic E-state index is 0.144. The van der Waals surface area contributed by atoms with Gasteiger partial charge in [0, 0.05) is 20.8 Å². The summed E-state index contributed by atoms with van der Waals surface area (Å²) in [6, 6.07) is 8.31. The second-order valence-electron chi connectivity index (χ2n) is 4.70. The van der Waals surface area contributed by atoms with Gasteiger partial charge < -0.3 is 14.8 Å². The molecule has 0 saturated heterocycles. The molecule has 0 aliphatic rings. The average Bonchev–Trinajstić information content (AvgIpc) is 2.93. The van der Waals surface area contributed by atoms with E-state index in [-0.39, 0.29) is 6.04 Å². The Morgan fingerprint density at radius 1 is 1.14 bits per heavy atom. The van der Waals surface area contributed by atoms with Crippen molar-refractivity contribution in [3.8, 4) is 11.5 Å². The highest BCUT2D eigenvalue weighted by Crippen LogP contribution is 2.34. The summed E-state index contributed by atoms with van der Waals surface area (Å²) in [5.41, 5.74) is 1.15. The number of hydrogen-bond acceptors (Lipinski definition) is 4. The van der Waals surface area contributed by atoms with Crippen LogP contribution in [-0.2, 0) is 0 Å². The summed E-state index contributed by atoms with van der Waals surface area (Å²) >= 11 is 5.27. The van der Waals surface area contributed by atoms with Gasteiger partial charge in [0.2, 0.25) is 0 Å². The normalized spacial score (nSPS) is 12.2. The van der Waals surface area contributed by atoms with Crippen LogP contribution in [0.25, 0.3) is 0 Å². The Hall–Kier alpha value is -1.04. The molecule has 1 N–H and O–H groups in total. The third-order valence-electron chi connectivity index (χ3n) is 3.18. The Labute approximate surface area is 138 Å². The number of benzene rings is 1. The van der Waals surface area contributed by atoms with Crippen LogP contribution in [0.4, 0.5) is 0 Å². The van der Waals surface area contributed by atoms with Gasteiger partial charge >= 0.3 is 0 Å². The van der Waals surface area contributed by atoms with Gasteiger partial charge in [-0.25, -0.2) is 0 Å². The van der Waals surface area contributed by atoms with E-state index in [1.54, 1.807) is 25.6 Å². The fourth-order valence-electron chi connectivity index (χ4n) is 2.15. The highest BCUT2D eigenvalue weighted by molar-refractivity contribution is 9.10. The molecule has 1 heterocycles. The summed E-state index contributed by atoms with van der Waals surface area (Å²) < 4.78 is 11.9. The Balaban J connectivity index is 2.40. The molecule has 1 atom stereocenters. The molecule has 0 fully saturated rings. The predicted octanol–water partition coefficient (Wildman–Crippen LogP) is 4.62. The Bertz CT molecular complexity index is 563. The molecule has 2 rings (SSSR count). The first-order valence-corrected chi connectivity index (χ1v) is 8.55. The zero-order valence-corrected chi connectivity index (χ0v) is 14.9. The molecule has 1 unspecified atom stereocenters. The molecule has 0 bridgehead atoms. The zero-order valence-electron chi connectivity index (χ0n) is 12.5. The maximum Gasteiger partial charge on any atom is 0.122 e. The molecule has 0 saturated carbocycles. The van der Waals surface area contributed by atoms with E-state index >= 15 is 0 Å². The maximum absolute atomic E-state index is 5.38. The van der Waals surface area contributed by atoms with E-state index in [9.17, 15) is 0 Å². The van der Waals surface area contributed by atoms with E-state index in [1.165, 1.54) is 4.88 Å². The van der Waals surface area contributed by atoms with Crippen molar-refractivity contribution in [2.75, 3.05) is 20.8 Å². The van der Waals surface area contributed by atoms with Gasteiger partial charge in [-0.15, -0.1) is 11.3 Å². The third kappa shape index (κ3) is 4.22. The molecular weight excluding hydrogens is 350 g/mol. The summed E-state index contributed by atoms with van der Waals surface area (Å²) in [6.07, 6.45) is 1.09. The summed E-state index contributed by atoms with van der Waals surface area (Å²) in [7, 11) is 3.35. The molecule has 21 heavy (non-hydrogen) atoms. The van der Waals surface area contributed by atoms with Gasteiger partial charge in [-0.3, -0.25) is 0 Å². The molecule has 1 aromatic carbocycles. The van der Waals surface area contributed by atoms with Crippen LogP contribution in [0, 0.1) is 0 Å². The van der Waals surface area contributed by atoms with Gasteiger partial charge in [0.1, 0.15) is 11.5 Å². The number of thiophene rings is 1. The third-order valence-corrected chi connectivity index (χ3v) is 4.94. The molecule has 114 valence electrons. The van der Waals surface area contributed by atoms with Crippen molar-refractivity contribution >= 4 is 27.3 Å². The lowest BCUT2D eigenvalue weighted by Crippen LogP contribution is -2.22. The van der Waals surface area contributed by atoms with E-state index in [2.05, 4.69) is 51.7 Å². The monoisotopic (exact) mass is 369 g/mol. The van der Waals surface area contributed by atoms with Gasteiger partial charge in [-0.2, -0.15) is 0 Å². The summed E-state index contributed by atoms with van der Waals surface area (Å²) in [5.74, 6) is 1.62. The number of hydrogen-bond donors (Lipinski definition) is 1. The van der Waals surface area contributed by atoms with Crippen LogP contribution in [-0.4, -0.2) is 20.8 Å². The second kappa shape index (κ2) is 7.82. The van der Waals surface area contributed by atoms with E-state index in [0.29, 0.717) is 0 Å². The van der Waals surface area contributed by atoms with Crippen LogP contribution < -0.4 is 14.8 Å². The van der Waals surface area contributed by atoms with Crippen molar-refractivity contribution in [3.63, 3.8) is 0 Å². The topological polar surface area (TPSA) is 30.5 Å². The second-order valence-corrected chi connectivity index (χ2v) is 6.56. The molecule has 3 nitrogen and oxygen atoms in total. The van der Waals surface area contributed by atoms with Crippen LogP contribution in [0.2, 0.25) is 0 Å². The fourth-order valence-corrected chi connectivity index (χ4v) is 3.69. The number of rotatable bonds is 7. The van der Waals surface area contributed by atoms with Crippen LogP contribution in [0.1, 0.15) is 29.8 Å². The first-order valence-electron chi connectivity index (χ1n) is 6.88. The molecular formula is C16H20BrNO2S. The number of halogens is 1. The molecule has 0 aliphatic heterocycles. The van der Waals surface area contributed by atoms with Gasteiger partial charge in [-0.1, -0.05) is 6.92 Å². The summed E-state index contributed by atoms with van der Waals surface area (Å²) in [4.78, 5) is 1.27. The van der Waals surface area contributed by atoms with Gasteiger partial charge in [-0.05, 0) is 52.7 Å². The number of nitrogens with one attached hydrogen (secondary N) is 1. The van der Waals surface area contributed by atoms with Gasteiger partial charge in [0.25, 0.3) is 0 Å². The first-order chi connectivity index (χ1) is 10.2. The van der Waals surface area contributed by atoms with Crippen LogP contribution >= 0.6 is 27.3 Å². The number of ether oxygens (including phenoxy) is 2. The van der Waals surface area contributed by atoms with Crippen molar-refractivity contribution in [3.05, 3.63) is 44.6 Å². The summed E-state index contributed by atoms with van der Waals surface area (Å²) in [6.45, 7) is 3.13. The zero-order chi connectivity index (χ0) is 15.2. The lowest BCUT2D eigenvalue weighted by Gasteiger charge is -2.19. The van der Waals surface area contributed by atoms with Crippen LogP contribution in [0.5, 0.6) is 11.5 Å². The average molecular weight is 370 g/mol. The molecule has 1 aromatic heterocycles. The molecule has 0 amide bonds. The highest BCUT2D eigenvalue weighted by Gasteiger charge is 2.17. The largest absolute Gasteiger partial charge is 0.497 e. The Kier molecular flexibility index (Phi) is 6.08. The molecule has 0 aliphatic carbocycles. The highest BCUT2D eigenvalue weighted by atomic mass is 79.9. The molecule has 2 aromatic rings. The SMILES string of the molecule is CCCNC(c1cc(OC)cc(OC)c1)c1cc(Br)cs1. The van der Waals surface area contributed by atoms with Crippen LogP contribution in [0.3, 0.4) is 0 Å². The van der Waals surface area contributed by atoms with Crippen molar-refractivity contribution in [2.24, 2.45) is 0 Å². The fraction of sp³-hybridized carbons (Fsp3) is 0.375. The number of methoxy groups -OCH3 is 2. The first kappa shape index (κ1) is 16.3. The maximum atomic E-state index is 5.38. The van der Waals surface area contributed by atoms with Gasteiger partial charge in [0.15, 0.2) is 0 Å². The quantitative estimate of drug-likeness (QED) is 0.772. The minimum absolute atomic E-state index is 0.144. The van der Waals surface area contributed by atoms with E-state index in [0.717, 1.165) is 34.5 Å². The van der Waals surface area contributed by atoms with Crippen molar-refractivity contribution in [1.82, 2.24) is 5.32 Å². The van der Waals surface area contributed by atoms with Crippen molar-refractivity contribution < 1.29 is 9.47 Å². The standard InChI is InChI=1S/C16H20BrNO2S/c1-4-5-18-16(15-8-12(17)10-21-15)11-6-13(19-2)9-14(7-11)20-3/h6-10,16,18H,4-5H2,1-3H3. The Morgan fingerprint density at radius 3 is 2.29 bits per heavy atom. The predicted molar refractivity (Wildman–Crippen MR) is 91.7 cm³/mol. The van der Waals surface area contributed by atoms with Crippen molar-refractivity contribution in [1.29, 1.82) is 0 Å². The smallest absolute Gasteiger partial charge is 0.122 e. The van der Waals surface area contributed by atoms with E-state index in [1.807, 2.05) is 6.07 Å². The summed E-state index contributed by atoms with van der Waals surface area (Å²) in [5, 5.41) is 5.70. The van der Waals surface area contributed by atoms with Crippen molar-refractivity contribution in [2.45, 2.75) is 19.4 Å².